The molecule has 1 fully saturated rings. The summed E-state index contributed by atoms with van der Waals surface area (Å²) in [6.45, 7) is 11.0. The highest BCUT2D eigenvalue weighted by Crippen LogP contribution is 2.22. The Kier molecular flexibility index (Phi) is 11.6. The Morgan fingerprint density at radius 3 is 2.21 bits per heavy atom. The zero-order chi connectivity index (χ0) is 28.5. The molecule has 1 aliphatic heterocycles. The van der Waals surface area contributed by atoms with Gasteiger partial charge in [-0.3, -0.25) is 14.4 Å². The summed E-state index contributed by atoms with van der Waals surface area (Å²) in [7, 11) is 0. The number of hydrogen-bond donors (Lipinski definition) is 6. The van der Waals surface area contributed by atoms with Gasteiger partial charge in [0.15, 0.2) is 0 Å². The zero-order valence-electron chi connectivity index (χ0n) is 23.2. The molecule has 0 radical (unpaired) electrons. The minimum atomic E-state index is -1.13. The lowest BCUT2D eigenvalue weighted by Crippen LogP contribution is -2.58. The molecule has 0 unspecified atom stereocenters. The third kappa shape index (κ3) is 9.96. The van der Waals surface area contributed by atoms with Gasteiger partial charge in [0.25, 0.3) is 0 Å². The summed E-state index contributed by atoms with van der Waals surface area (Å²) in [5.41, 5.74) is 0.627. The Bertz CT molecular complexity index is 953. The molecular weight excluding hydrogens is 488 g/mol. The first-order valence-corrected chi connectivity index (χ1v) is 13.4. The quantitative estimate of drug-likeness (QED) is 0.227. The fraction of sp³-hybridized carbons (Fsp3) is 0.643. The standard InChI is InChI=1S/C28H44N4O6/c1-6-17(2)23(26(36)30-21(27(37)38)11-13-28(3,4)5)32-25(35)22(15-18-7-9-20(33)10-8-18)31-24(34)19-12-14-29-16-19/h7-10,17,19,21-23,29,33H,6,11-16H2,1-5H3,(H,30,36)(H,31,34)(H,32,35)(H,37,38)/t17-,19+,21-,22-,23-/m0/s1. The van der Waals surface area contributed by atoms with E-state index in [1.807, 2.05) is 34.6 Å². The van der Waals surface area contributed by atoms with Crippen molar-refractivity contribution in [3.8, 4) is 5.75 Å². The van der Waals surface area contributed by atoms with E-state index in [-0.39, 0.29) is 41.7 Å². The summed E-state index contributed by atoms with van der Waals surface area (Å²) in [5, 5.41) is 30.7. The van der Waals surface area contributed by atoms with Crippen molar-refractivity contribution in [1.82, 2.24) is 21.3 Å². The first-order chi connectivity index (χ1) is 17.8. The average molecular weight is 533 g/mol. The topological polar surface area (TPSA) is 157 Å². The van der Waals surface area contributed by atoms with E-state index < -0.39 is 35.9 Å². The predicted octanol–water partition coefficient (Wildman–Crippen LogP) is 1.96. The first-order valence-electron chi connectivity index (χ1n) is 13.4. The van der Waals surface area contributed by atoms with Crippen molar-refractivity contribution in [3.63, 3.8) is 0 Å². The molecule has 0 saturated carbocycles. The lowest BCUT2D eigenvalue weighted by Gasteiger charge is -2.29. The number of carboxylic acid groups (broad SMARTS) is 1. The van der Waals surface area contributed by atoms with Crippen molar-refractivity contribution in [2.24, 2.45) is 17.3 Å². The average Bonchev–Trinajstić information content (AvgIpc) is 3.39. The minimum Gasteiger partial charge on any atom is -0.508 e. The van der Waals surface area contributed by atoms with Gasteiger partial charge < -0.3 is 31.5 Å². The number of benzene rings is 1. The number of phenols is 1. The molecule has 3 amide bonds. The molecule has 10 nitrogen and oxygen atoms in total. The van der Waals surface area contributed by atoms with Crippen LogP contribution in [0.3, 0.4) is 0 Å². The number of amides is 3. The van der Waals surface area contributed by atoms with E-state index in [2.05, 4.69) is 21.3 Å². The van der Waals surface area contributed by atoms with Gasteiger partial charge in [-0.2, -0.15) is 0 Å². The van der Waals surface area contributed by atoms with Crippen LogP contribution in [0.25, 0.3) is 0 Å². The SMILES string of the molecule is CC[C@H](C)[C@H](NC(=O)[C@H](Cc1ccc(O)cc1)NC(=O)[C@@H]1CCNC1)C(=O)N[C@@H](CCC(C)(C)C)C(=O)O. The van der Waals surface area contributed by atoms with Crippen LogP contribution >= 0.6 is 0 Å². The summed E-state index contributed by atoms with van der Waals surface area (Å²) < 4.78 is 0. The van der Waals surface area contributed by atoms with E-state index >= 15 is 0 Å². The van der Waals surface area contributed by atoms with E-state index in [1.165, 1.54) is 12.1 Å². The molecule has 1 heterocycles. The number of aliphatic carboxylic acids is 1. The Morgan fingerprint density at radius 1 is 1.03 bits per heavy atom. The van der Waals surface area contributed by atoms with Crippen molar-refractivity contribution < 1.29 is 29.4 Å². The van der Waals surface area contributed by atoms with Crippen molar-refractivity contribution in [3.05, 3.63) is 29.8 Å². The zero-order valence-corrected chi connectivity index (χ0v) is 23.2. The van der Waals surface area contributed by atoms with Crippen LogP contribution in [0.5, 0.6) is 5.75 Å². The van der Waals surface area contributed by atoms with E-state index in [0.29, 0.717) is 25.8 Å². The van der Waals surface area contributed by atoms with Crippen molar-refractivity contribution >= 4 is 23.7 Å². The van der Waals surface area contributed by atoms with Crippen LogP contribution in [0.4, 0.5) is 0 Å². The number of carbonyl (C=O) groups excluding carboxylic acids is 3. The molecule has 1 aromatic carbocycles. The van der Waals surface area contributed by atoms with Gasteiger partial charge >= 0.3 is 5.97 Å². The molecule has 1 saturated heterocycles. The highest BCUT2D eigenvalue weighted by molar-refractivity contribution is 5.94. The molecule has 0 aliphatic carbocycles. The Labute approximate surface area is 225 Å². The highest BCUT2D eigenvalue weighted by atomic mass is 16.4. The number of nitrogens with one attached hydrogen (secondary N) is 4. The largest absolute Gasteiger partial charge is 0.508 e. The fourth-order valence-electron chi connectivity index (χ4n) is 4.30. The summed E-state index contributed by atoms with van der Waals surface area (Å²) in [6.07, 6.45) is 2.27. The number of carbonyl (C=O) groups is 4. The van der Waals surface area contributed by atoms with Gasteiger partial charge in [-0.1, -0.05) is 53.2 Å². The van der Waals surface area contributed by atoms with Gasteiger partial charge in [0.1, 0.15) is 23.9 Å². The van der Waals surface area contributed by atoms with E-state index in [1.54, 1.807) is 12.1 Å². The van der Waals surface area contributed by atoms with Crippen LogP contribution in [-0.2, 0) is 25.6 Å². The Morgan fingerprint density at radius 2 is 1.68 bits per heavy atom. The normalized spacial score (nSPS) is 18.6. The van der Waals surface area contributed by atoms with Gasteiger partial charge in [-0.05, 0) is 54.8 Å². The highest BCUT2D eigenvalue weighted by Gasteiger charge is 2.34. The molecule has 212 valence electrons. The number of hydrogen-bond acceptors (Lipinski definition) is 6. The molecule has 0 spiro atoms. The van der Waals surface area contributed by atoms with Gasteiger partial charge in [0, 0.05) is 13.0 Å². The van der Waals surface area contributed by atoms with Gasteiger partial charge in [0.05, 0.1) is 5.92 Å². The number of rotatable bonds is 13. The third-order valence-corrected chi connectivity index (χ3v) is 7.03. The van der Waals surface area contributed by atoms with Crippen LogP contribution < -0.4 is 21.3 Å². The maximum absolute atomic E-state index is 13.5. The molecule has 1 aliphatic rings. The second-order valence-electron chi connectivity index (χ2n) is 11.5. The Hall–Kier alpha value is -3.14. The smallest absolute Gasteiger partial charge is 0.326 e. The minimum absolute atomic E-state index is 0.0868. The van der Waals surface area contributed by atoms with Crippen LogP contribution in [0.15, 0.2) is 24.3 Å². The molecule has 1 aromatic rings. The maximum atomic E-state index is 13.5. The predicted molar refractivity (Wildman–Crippen MR) is 144 cm³/mol. The van der Waals surface area contributed by atoms with E-state index in [9.17, 15) is 29.4 Å². The third-order valence-electron chi connectivity index (χ3n) is 7.03. The van der Waals surface area contributed by atoms with Crippen LogP contribution in [0.1, 0.15) is 65.9 Å². The fourth-order valence-corrected chi connectivity index (χ4v) is 4.30. The lowest BCUT2D eigenvalue weighted by molar-refractivity contribution is -0.143. The maximum Gasteiger partial charge on any atom is 0.326 e. The summed E-state index contributed by atoms with van der Waals surface area (Å²) in [6, 6.07) is 3.35. The van der Waals surface area contributed by atoms with Crippen molar-refractivity contribution in [2.75, 3.05) is 13.1 Å². The first kappa shape index (κ1) is 31.1. The lowest BCUT2D eigenvalue weighted by atomic mass is 9.88. The second-order valence-corrected chi connectivity index (χ2v) is 11.5. The molecule has 5 atom stereocenters. The number of phenolic OH excluding ortho intramolecular Hbond substituents is 1. The second kappa shape index (κ2) is 14.1. The summed E-state index contributed by atoms with van der Waals surface area (Å²) in [5.74, 6) is -2.91. The molecule has 0 aromatic heterocycles. The number of aromatic hydroxyl groups is 1. The van der Waals surface area contributed by atoms with Crippen molar-refractivity contribution in [1.29, 1.82) is 0 Å². The summed E-state index contributed by atoms with van der Waals surface area (Å²) in [4.78, 5) is 51.5. The van der Waals surface area contributed by atoms with Gasteiger partial charge in [-0.25, -0.2) is 4.79 Å². The monoisotopic (exact) mass is 532 g/mol. The van der Waals surface area contributed by atoms with Gasteiger partial charge in [-0.15, -0.1) is 0 Å². The van der Waals surface area contributed by atoms with E-state index in [4.69, 9.17) is 0 Å². The molecule has 2 rings (SSSR count). The molecule has 0 bridgehead atoms. The molecule has 10 heteroatoms. The van der Waals surface area contributed by atoms with Gasteiger partial charge in [0.2, 0.25) is 17.7 Å². The molecular formula is C28H44N4O6. The van der Waals surface area contributed by atoms with Crippen molar-refractivity contribution in [2.45, 2.75) is 84.8 Å². The summed E-state index contributed by atoms with van der Waals surface area (Å²) >= 11 is 0. The number of carboxylic acids is 1. The van der Waals surface area contributed by atoms with Crippen LogP contribution in [0, 0.1) is 17.3 Å². The van der Waals surface area contributed by atoms with Crippen LogP contribution in [-0.4, -0.2) is 65.1 Å². The Balaban J connectivity index is 2.20. The van der Waals surface area contributed by atoms with E-state index in [0.717, 1.165) is 12.1 Å². The van der Waals surface area contributed by atoms with Crippen LogP contribution in [0.2, 0.25) is 0 Å². The molecule has 38 heavy (non-hydrogen) atoms. The molecule has 6 N–H and O–H groups in total.